The molecule has 2 fully saturated rings. The third kappa shape index (κ3) is 4.70. The van der Waals surface area contributed by atoms with Crippen LogP contribution >= 0.6 is 0 Å². The molecule has 0 amide bonds. The predicted octanol–water partition coefficient (Wildman–Crippen LogP) is 7.47. The lowest BCUT2D eigenvalue weighted by atomic mass is 9.55. The van der Waals surface area contributed by atoms with E-state index >= 15 is 0 Å². The first-order valence-electron chi connectivity index (χ1n) is 12.3. The van der Waals surface area contributed by atoms with E-state index in [2.05, 4.69) is 11.7 Å². The number of hydrogen-bond donors (Lipinski definition) is 1. The zero-order valence-electron chi connectivity index (χ0n) is 20.1. The SMILES string of the molecule is C[C@]12CCC3c4ccc(O)cc4CCC3C1CC[C@@H]2OCCCOC(C(F)(F)F)(C(F)(F)F)C(F)(F)F. The summed E-state index contributed by atoms with van der Waals surface area (Å²) >= 11 is 0. The second kappa shape index (κ2) is 9.50. The molecule has 37 heavy (non-hydrogen) atoms. The summed E-state index contributed by atoms with van der Waals surface area (Å²) in [5.74, 6) is 1.27. The van der Waals surface area contributed by atoms with Crippen LogP contribution in [0.4, 0.5) is 39.5 Å². The van der Waals surface area contributed by atoms with Crippen molar-refractivity contribution in [2.45, 2.75) is 88.0 Å². The first kappa shape index (κ1) is 28.3. The molecule has 1 N–H and O–H groups in total. The van der Waals surface area contributed by atoms with Gasteiger partial charge in [0.2, 0.25) is 0 Å². The number of aryl methyl sites for hydroxylation is 1. The zero-order valence-corrected chi connectivity index (χ0v) is 20.1. The molecule has 4 rings (SSSR count). The molecular weight excluding hydrogens is 519 g/mol. The Hall–Kier alpha value is -1.69. The Morgan fingerprint density at radius 2 is 1.54 bits per heavy atom. The van der Waals surface area contributed by atoms with Gasteiger partial charge in [-0.15, -0.1) is 0 Å². The minimum atomic E-state index is -6.73. The van der Waals surface area contributed by atoms with Crippen LogP contribution in [0.3, 0.4) is 0 Å². The van der Waals surface area contributed by atoms with Crippen molar-refractivity contribution in [3.05, 3.63) is 29.3 Å². The molecule has 3 nitrogen and oxygen atoms in total. The highest BCUT2D eigenvalue weighted by atomic mass is 19.4. The van der Waals surface area contributed by atoms with Crippen LogP contribution in [0.1, 0.15) is 62.5 Å². The van der Waals surface area contributed by atoms with Gasteiger partial charge in [-0.3, -0.25) is 0 Å². The van der Waals surface area contributed by atoms with Gasteiger partial charge < -0.3 is 14.6 Å². The van der Waals surface area contributed by atoms with E-state index in [1.54, 1.807) is 12.1 Å². The lowest BCUT2D eigenvalue weighted by Gasteiger charge is -2.50. The first-order valence-corrected chi connectivity index (χ1v) is 12.3. The van der Waals surface area contributed by atoms with Crippen molar-refractivity contribution in [3.8, 4) is 5.75 Å². The number of phenolic OH excluding ortho intramolecular Hbond substituents is 1. The van der Waals surface area contributed by atoms with E-state index in [4.69, 9.17) is 4.74 Å². The van der Waals surface area contributed by atoms with Gasteiger partial charge in [0.1, 0.15) is 5.75 Å². The van der Waals surface area contributed by atoms with Crippen LogP contribution in [0.5, 0.6) is 5.75 Å². The summed E-state index contributed by atoms with van der Waals surface area (Å²) in [4.78, 5) is 0. The molecular formula is C25H29F9O3. The Morgan fingerprint density at radius 3 is 2.16 bits per heavy atom. The topological polar surface area (TPSA) is 38.7 Å². The number of fused-ring (bicyclic) bond motifs is 5. The van der Waals surface area contributed by atoms with Crippen LogP contribution in [0, 0.1) is 17.3 Å². The van der Waals surface area contributed by atoms with Crippen LogP contribution in [0.15, 0.2) is 18.2 Å². The monoisotopic (exact) mass is 548 g/mol. The fourth-order valence-electron chi connectivity index (χ4n) is 7.03. The van der Waals surface area contributed by atoms with Gasteiger partial charge in [0.25, 0.3) is 0 Å². The molecule has 210 valence electrons. The van der Waals surface area contributed by atoms with Crippen molar-refractivity contribution in [1.82, 2.24) is 0 Å². The Morgan fingerprint density at radius 1 is 0.892 bits per heavy atom. The van der Waals surface area contributed by atoms with Gasteiger partial charge in [-0.25, -0.2) is 0 Å². The van der Waals surface area contributed by atoms with Crippen molar-refractivity contribution in [1.29, 1.82) is 0 Å². The molecule has 0 heterocycles. The lowest BCUT2D eigenvalue weighted by Crippen LogP contribution is -2.67. The lowest BCUT2D eigenvalue weighted by molar-refractivity contribution is -0.457. The number of aromatic hydroxyl groups is 1. The second-order valence-electron chi connectivity index (χ2n) is 10.7. The number of rotatable bonds is 6. The molecule has 0 saturated heterocycles. The van der Waals surface area contributed by atoms with Crippen molar-refractivity contribution in [2.24, 2.45) is 17.3 Å². The summed E-state index contributed by atoms with van der Waals surface area (Å²) in [6.07, 6.45) is -16.1. The van der Waals surface area contributed by atoms with Crippen LogP contribution in [0.25, 0.3) is 0 Å². The Kier molecular flexibility index (Phi) is 7.27. The highest BCUT2D eigenvalue weighted by Crippen LogP contribution is 2.61. The third-order valence-corrected chi connectivity index (χ3v) is 8.75. The summed E-state index contributed by atoms with van der Waals surface area (Å²) < 4.78 is 126. The summed E-state index contributed by atoms with van der Waals surface area (Å²) in [6, 6.07) is 5.45. The zero-order chi connectivity index (χ0) is 27.4. The minimum absolute atomic E-state index is 0.231. The van der Waals surface area contributed by atoms with E-state index in [1.807, 2.05) is 6.07 Å². The molecule has 0 spiro atoms. The average molecular weight is 548 g/mol. The molecule has 1 aromatic carbocycles. The quantitative estimate of drug-likeness (QED) is 0.296. The summed E-state index contributed by atoms with van der Waals surface area (Å²) in [5, 5.41) is 9.80. The number of phenols is 1. The Labute approximate surface area is 208 Å². The van der Waals surface area contributed by atoms with Gasteiger partial charge in [-0.1, -0.05) is 13.0 Å². The molecule has 3 unspecified atom stereocenters. The average Bonchev–Trinajstić information content (AvgIpc) is 3.09. The summed E-state index contributed by atoms with van der Waals surface area (Å²) in [6.45, 7) is 0.350. The summed E-state index contributed by atoms with van der Waals surface area (Å²) in [7, 11) is 0. The molecule has 3 aliphatic carbocycles. The van der Waals surface area contributed by atoms with E-state index in [1.165, 1.54) is 5.56 Å². The Bertz CT molecular complexity index is 936. The molecule has 5 atom stereocenters. The van der Waals surface area contributed by atoms with Gasteiger partial charge in [-0.2, -0.15) is 39.5 Å². The first-order chi connectivity index (χ1) is 17.0. The van der Waals surface area contributed by atoms with Gasteiger partial charge in [0.15, 0.2) is 0 Å². The molecule has 0 bridgehead atoms. The highest BCUT2D eigenvalue weighted by molar-refractivity contribution is 5.40. The summed E-state index contributed by atoms with van der Waals surface area (Å²) in [5.41, 5.74) is -4.11. The number of ether oxygens (including phenoxy) is 2. The van der Waals surface area contributed by atoms with E-state index in [0.717, 1.165) is 37.7 Å². The second-order valence-corrected chi connectivity index (χ2v) is 10.7. The maximum absolute atomic E-state index is 13.0. The highest BCUT2D eigenvalue weighted by Gasteiger charge is 2.85. The molecule has 2 saturated carbocycles. The molecule has 0 aromatic heterocycles. The smallest absolute Gasteiger partial charge is 0.435 e. The number of halogens is 9. The van der Waals surface area contributed by atoms with Crippen molar-refractivity contribution in [3.63, 3.8) is 0 Å². The Balaban J connectivity index is 1.37. The molecule has 3 aliphatic rings. The van der Waals surface area contributed by atoms with E-state index in [-0.39, 0.29) is 23.9 Å². The number of alkyl halides is 9. The van der Waals surface area contributed by atoms with Gasteiger partial charge in [-0.05, 0) is 91.4 Å². The van der Waals surface area contributed by atoms with E-state index in [9.17, 15) is 44.6 Å². The maximum Gasteiger partial charge on any atom is 0.435 e. The largest absolute Gasteiger partial charge is 0.508 e. The number of benzene rings is 1. The van der Waals surface area contributed by atoms with Crippen LogP contribution < -0.4 is 0 Å². The minimum Gasteiger partial charge on any atom is -0.508 e. The molecule has 12 heteroatoms. The van der Waals surface area contributed by atoms with Gasteiger partial charge in [0.05, 0.1) is 12.7 Å². The number of hydrogen-bond acceptors (Lipinski definition) is 3. The fraction of sp³-hybridized carbons (Fsp3) is 0.760. The maximum atomic E-state index is 13.0. The van der Waals surface area contributed by atoms with Gasteiger partial charge in [0, 0.05) is 6.61 Å². The van der Waals surface area contributed by atoms with Crippen molar-refractivity contribution < 1.29 is 54.1 Å². The normalized spacial score (nSPS) is 30.5. The predicted molar refractivity (Wildman–Crippen MR) is 114 cm³/mol. The van der Waals surface area contributed by atoms with E-state index < -0.39 is 37.2 Å². The van der Waals surface area contributed by atoms with Crippen LogP contribution in [-0.4, -0.2) is 48.6 Å². The fourth-order valence-corrected chi connectivity index (χ4v) is 7.03. The standard InChI is InChI=1S/C25H29F9O3/c1-21-10-9-17-16-6-4-15(35)13-14(16)3-5-18(17)19(21)7-8-20(21)36-11-2-12-37-22(23(26,27)28,24(29,30)31)25(32,33)34/h4,6,13,17-20,35H,2-3,5,7-12H2,1H3/t17?,18?,19?,20-,21-/m0/s1. The molecule has 0 radical (unpaired) electrons. The van der Waals surface area contributed by atoms with Crippen LogP contribution in [0.2, 0.25) is 0 Å². The van der Waals surface area contributed by atoms with Crippen molar-refractivity contribution >= 4 is 0 Å². The van der Waals surface area contributed by atoms with Gasteiger partial charge >= 0.3 is 24.1 Å². The molecule has 1 aromatic rings. The molecule has 0 aliphatic heterocycles. The third-order valence-electron chi connectivity index (χ3n) is 8.75. The van der Waals surface area contributed by atoms with Crippen molar-refractivity contribution in [2.75, 3.05) is 13.2 Å². The van der Waals surface area contributed by atoms with Crippen LogP contribution in [-0.2, 0) is 15.9 Å². The van der Waals surface area contributed by atoms with E-state index in [0.29, 0.717) is 24.2 Å².